The molecule has 2 aromatic rings. The Bertz CT molecular complexity index is 765. The lowest BCUT2D eigenvalue weighted by Gasteiger charge is -2.11. The zero-order valence-corrected chi connectivity index (χ0v) is 18.2. The first-order valence-corrected chi connectivity index (χ1v) is 10.1. The lowest BCUT2D eigenvalue weighted by molar-refractivity contribution is 0.0955. The van der Waals surface area contributed by atoms with Gasteiger partial charge in [-0.2, -0.15) is 0 Å². The van der Waals surface area contributed by atoms with Crippen LogP contribution in [0, 0.1) is 0 Å². The molecule has 2 heterocycles. The molecule has 0 fully saturated rings. The Labute approximate surface area is 179 Å². The zero-order chi connectivity index (χ0) is 22.2. The molecule has 0 bridgehead atoms. The number of ether oxygens (including phenoxy) is 1. The maximum atomic E-state index is 11.9. The molecule has 8 heteroatoms. The number of nitrogens with zero attached hydrogens (tertiary/aromatic N) is 2. The smallest absolute Gasteiger partial charge is 0.252 e. The van der Waals surface area contributed by atoms with E-state index in [1.54, 1.807) is 19.3 Å². The Kier molecular flexibility index (Phi) is 12.3. The second-order valence-corrected chi connectivity index (χ2v) is 6.41. The van der Waals surface area contributed by atoms with Gasteiger partial charge in [0.25, 0.3) is 5.91 Å². The average Bonchev–Trinajstić information content (AvgIpc) is 2.75. The first kappa shape index (κ1) is 24.9. The maximum absolute atomic E-state index is 11.9. The van der Waals surface area contributed by atoms with Gasteiger partial charge in [0.05, 0.1) is 18.4 Å². The monoisotopic (exact) mass is 414 g/mol. The van der Waals surface area contributed by atoms with Crippen molar-refractivity contribution in [1.29, 1.82) is 0 Å². The highest BCUT2D eigenvalue weighted by Crippen LogP contribution is 2.17. The van der Waals surface area contributed by atoms with Gasteiger partial charge >= 0.3 is 0 Å². The quantitative estimate of drug-likeness (QED) is 0.330. The van der Waals surface area contributed by atoms with Crippen molar-refractivity contribution in [2.24, 2.45) is 0 Å². The summed E-state index contributed by atoms with van der Waals surface area (Å²) < 4.78 is 5.05. The van der Waals surface area contributed by atoms with Gasteiger partial charge in [-0.25, -0.2) is 9.97 Å². The van der Waals surface area contributed by atoms with Crippen LogP contribution < -0.4 is 26.4 Å². The molecular weight excluding hydrogens is 380 g/mol. The lowest BCUT2D eigenvalue weighted by Crippen LogP contribution is -2.23. The van der Waals surface area contributed by atoms with Crippen molar-refractivity contribution < 1.29 is 9.53 Å². The molecule has 30 heavy (non-hydrogen) atoms. The molecule has 0 spiro atoms. The van der Waals surface area contributed by atoms with Gasteiger partial charge < -0.3 is 26.4 Å². The number of allylic oxidation sites excluding steroid dienone is 1. The van der Waals surface area contributed by atoms with Crippen molar-refractivity contribution in [1.82, 2.24) is 20.6 Å². The summed E-state index contributed by atoms with van der Waals surface area (Å²) in [6, 6.07) is 5.62. The molecule has 0 atom stereocenters. The van der Waals surface area contributed by atoms with Crippen LogP contribution in [0.25, 0.3) is 0 Å². The highest BCUT2D eigenvalue weighted by molar-refractivity contribution is 5.95. The predicted octanol–water partition coefficient (Wildman–Crippen LogP) is 2.64. The van der Waals surface area contributed by atoms with Gasteiger partial charge in [-0.3, -0.25) is 4.79 Å². The van der Waals surface area contributed by atoms with Crippen LogP contribution in [0.15, 0.2) is 43.2 Å². The Balaban J connectivity index is 0.00000141. The number of carbonyl (C=O) groups is 1. The minimum atomic E-state index is -0.150. The Hall–Kier alpha value is -3.13. The second-order valence-electron chi connectivity index (χ2n) is 6.41. The summed E-state index contributed by atoms with van der Waals surface area (Å²) in [4.78, 5) is 20.1. The number of nitrogens with two attached hydrogens (primary N) is 1. The number of hydrogen-bond donors (Lipinski definition) is 4. The van der Waals surface area contributed by atoms with E-state index in [-0.39, 0.29) is 5.91 Å². The Morgan fingerprint density at radius 1 is 1.23 bits per heavy atom. The van der Waals surface area contributed by atoms with Crippen LogP contribution in [-0.2, 0) is 6.42 Å². The number of hydrogen-bond acceptors (Lipinski definition) is 7. The highest BCUT2D eigenvalue weighted by Gasteiger charge is 2.08. The van der Waals surface area contributed by atoms with E-state index in [0.29, 0.717) is 29.5 Å². The first-order chi connectivity index (χ1) is 14.5. The van der Waals surface area contributed by atoms with Gasteiger partial charge in [0, 0.05) is 31.5 Å². The molecule has 0 saturated heterocycles. The molecule has 2 aromatic heterocycles. The van der Waals surface area contributed by atoms with Crippen molar-refractivity contribution in [2.45, 2.75) is 26.7 Å². The molecule has 2 rings (SSSR count). The molecule has 5 N–H and O–H groups in total. The lowest BCUT2D eigenvalue weighted by atomic mass is 10.2. The standard InChI is InChI=1S/C19H28N6O2.C3H6/c1-3-22-19(26)15-11-16(18(20)25-13-15)23-9-4-8-21-10-7-14-5-6-17(27-2)24-12-14;1-3-2/h5-6,11-13,21,23H,3-4,7-10H2,1-2H3,(H2,20,25)(H,22,26);3H,1H2,2H3. The van der Waals surface area contributed by atoms with Crippen molar-refractivity contribution in [3.63, 3.8) is 0 Å². The van der Waals surface area contributed by atoms with E-state index in [0.717, 1.165) is 32.5 Å². The van der Waals surface area contributed by atoms with Crippen molar-refractivity contribution in [3.8, 4) is 5.88 Å². The van der Waals surface area contributed by atoms with Gasteiger partial charge in [-0.15, -0.1) is 6.58 Å². The fourth-order valence-electron chi connectivity index (χ4n) is 2.48. The van der Waals surface area contributed by atoms with Crippen molar-refractivity contribution in [2.75, 3.05) is 44.3 Å². The van der Waals surface area contributed by atoms with E-state index in [2.05, 4.69) is 32.5 Å². The Morgan fingerprint density at radius 3 is 2.63 bits per heavy atom. The third-order valence-electron chi connectivity index (χ3n) is 3.96. The van der Waals surface area contributed by atoms with E-state index >= 15 is 0 Å². The van der Waals surface area contributed by atoms with E-state index < -0.39 is 0 Å². The number of nitrogen functional groups attached to an aromatic ring is 1. The topological polar surface area (TPSA) is 114 Å². The fraction of sp³-hybridized carbons (Fsp3) is 0.409. The van der Waals surface area contributed by atoms with Crippen LogP contribution in [0.3, 0.4) is 0 Å². The van der Waals surface area contributed by atoms with Crippen molar-refractivity contribution >= 4 is 17.4 Å². The van der Waals surface area contributed by atoms with E-state index in [9.17, 15) is 4.79 Å². The minimum Gasteiger partial charge on any atom is -0.481 e. The average molecular weight is 415 g/mol. The number of methoxy groups -OCH3 is 1. The summed E-state index contributed by atoms with van der Waals surface area (Å²) in [6.07, 6.45) is 6.90. The molecule has 1 amide bonds. The third kappa shape index (κ3) is 9.38. The summed E-state index contributed by atoms with van der Waals surface area (Å²) in [6.45, 7) is 10.2. The third-order valence-corrected chi connectivity index (χ3v) is 3.96. The van der Waals surface area contributed by atoms with E-state index in [1.807, 2.05) is 32.2 Å². The second kappa shape index (κ2) is 14.8. The van der Waals surface area contributed by atoms with Crippen LogP contribution in [-0.4, -0.2) is 49.2 Å². The van der Waals surface area contributed by atoms with Crippen LogP contribution in [0.5, 0.6) is 5.88 Å². The number of rotatable bonds is 11. The largest absolute Gasteiger partial charge is 0.481 e. The van der Waals surface area contributed by atoms with Gasteiger partial charge in [-0.05, 0) is 51.4 Å². The maximum Gasteiger partial charge on any atom is 0.252 e. The minimum absolute atomic E-state index is 0.150. The summed E-state index contributed by atoms with van der Waals surface area (Å²) in [5, 5.41) is 9.39. The highest BCUT2D eigenvalue weighted by atomic mass is 16.5. The molecule has 0 unspecified atom stereocenters. The molecule has 0 aliphatic heterocycles. The summed E-state index contributed by atoms with van der Waals surface area (Å²) in [5.74, 6) is 0.869. The number of nitrogens with one attached hydrogen (secondary N) is 3. The van der Waals surface area contributed by atoms with E-state index in [1.165, 1.54) is 11.8 Å². The predicted molar refractivity (Wildman–Crippen MR) is 123 cm³/mol. The molecule has 0 radical (unpaired) electrons. The molecular formula is C22H34N6O2. The Morgan fingerprint density at radius 2 is 2.00 bits per heavy atom. The first-order valence-electron chi connectivity index (χ1n) is 10.1. The van der Waals surface area contributed by atoms with Crippen LogP contribution in [0.2, 0.25) is 0 Å². The molecule has 0 aromatic carbocycles. The SMILES string of the molecule is C=CC.CCNC(=O)c1cnc(N)c(NCCCNCCc2ccc(OC)nc2)c1. The zero-order valence-electron chi connectivity index (χ0n) is 18.2. The van der Waals surface area contributed by atoms with Gasteiger partial charge in [0.1, 0.15) is 5.82 Å². The number of aromatic nitrogens is 2. The van der Waals surface area contributed by atoms with Crippen molar-refractivity contribution in [3.05, 3.63) is 54.4 Å². The summed E-state index contributed by atoms with van der Waals surface area (Å²) >= 11 is 0. The molecule has 0 aliphatic carbocycles. The number of carbonyl (C=O) groups excluding carboxylic acids is 1. The van der Waals surface area contributed by atoms with Gasteiger partial charge in [0.15, 0.2) is 0 Å². The molecule has 0 aliphatic rings. The molecule has 8 nitrogen and oxygen atoms in total. The number of anilines is 2. The van der Waals surface area contributed by atoms with E-state index in [4.69, 9.17) is 10.5 Å². The summed E-state index contributed by atoms with van der Waals surface area (Å²) in [5.41, 5.74) is 8.23. The summed E-state index contributed by atoms with van der Waals surface area (Å²) in [7, 11) is 1.61. The number of amides is 1. The fourth-order valence-corrected chi connectivity index (χ4v) is 2.48. The number of pyridine rings is 2. The van der Waals surface area contributed by atoms with Crippen LogP contribution in [0.4, 0.5) is 11.5 Å². The van der Waals surface area contributed by atoms with Crippen LogP contribution in [0.1, 0.15) is 36.2 Å². The molecule has 164 valence electrons. The van der Waals surface area contributed by atoms with Gasteiger partial charge in [-0.1, -0.05) is 12.1 Å². The van der Waals surface area contributed by atoms with Gasteiger partial charge in [0.2, 0.25) is 5.88 Å². The molecule has 0 saturated carbocycles. The van der Waals surface area contributed by atoms with Crippen LogP contribution >= 0.6 is 0 Å². The normalized spacial score (nSPS) is 9.83.